The van der Waals surface area contributed by atoms with E-state index in [1.807, 2.05) is 19.9 Å². The second-order valence-electron chi connectivity index (χ2n) is 5.79. The minimum Gasteiger partial charge on any atom is -0.293 e. The Balaban J connectivity index is 2.18. The van der Waals surface area contributed by atoms with Crippen molar-refractivity contribution in [3.8, 4) is 0 Å². The molecule has 0 radical (unpaired) electrons. The number of hydrogen-bond acceptors (Lipinski definition) is 4. The number of carbonyl (C=O) groups is 1. The predicted octanol–water partition coefficient (Wildman–Crippen LogP) is 2.51. The molecular weight excluding hydrogens is 252 g/mol. The van der Waals surface area contributed by atoms with E-state index in [2.05, 4.69) is 35.8 Å². The summed E-state index contributed by atoms with van der Waals surface area (Å²) in [6, 6.07) is 1.88. The monoisotopic (exact) mass is 274 g/mol. The molecule has 20 heavy (non-hydrogen) atoms. The highest BCUT2D eigenvalue weighted by atomic mass is 16.2. The fourth-order valence-electron chi connectivity index (χ4n) is 2.34. The molecule has 1 aliphatic rings. The lowest BCUT2D eigenvalue weighted by molar-refractivity contribution is -0.120. The molecule has 0 spiro atoms. The number of nitrogens with zero attached hydrogens (tertiary/aromatic N) is 3. The Bertz CT molecular complexity index is 518. The van der Waals surface area contributed by atoms with Crippen LogP contribution in [0.2, 0.25) is 0 Å². The number of aromatic nitrogens is 2. The van der Waals surface area contributed by atoms with Crippen molar-refractivity contribution in [3.05, 3.63) is 29.7 Å². The van der Waals surface area contributed by atoms with Gasteiger partial charge in [-0.3, -0.25) is 10.2 Å². The van der Waals surface area contributed by atoms with Crippen molar-refractivity contribution in [3.63, 3.8) is 0 Å². The fourth-order valence-corrected chi connectivity index (χ4v) is 2.34. The van der Waals surface area contributed by atoms with Gasteiger partial charge in [0.15, 0.2) is 0 Å². The van der Waals surface area contributed by atoms with Crippen molar-refractivity contribution < 1.29 is 4.79 Å². The van der Waals surface area contributed by atoms with E-state index in [4.69, 9.17) is 0 Å². The van der Waals surface area contributed by atoms with E-state index in [1.165, 1.54) is 5.01 Å². The van der Waals surface area contributed by atoms with Gasteiger partial charge in [0.05, 0.1) is 5.92 Å². The maximum atomic E-state index is 12.5. The van der Waals surface area contributed by atoms with Crippen molar-refractivity contribution in [2.24, 2.45) is 11.8 Å². The predicted molar refractivity (Wildman–Crippen MR) is 78.8 cm³/mol. The Morgan fingerprint density at radius 2 is 1.95 bits per heavy atom. The Kier molecular flexibility index (Phi) is 4.06. The minimum atomic E-state index is -0.179. The van der Waals surface area contributed by atoms with Crippen LogP contribution in [0, 0.1) is 25.7 Å². The Hall–Kier alpha value is -1.91. The number of nitrogens with one attached hydrogen (secondary N) is 1. The van der Waals surface area contributed by atoms with Crippen LogP contribution in [-0.4, -0.2) is 15.9 Å². The number of rotatable bonds is 4. The first kappa shape index (κ1) is 14.5. The van der Waals surface area contributed by atoms with Crippen LogP contribution in [-0.2, 0) is 4.79 Å². The lowest BCUT2D eigenvalue weighted by atomic mass is 9.96. The number of amides is 1. The second-order valence-corrected chi connectivity index (χ2v) is 5.79. The zero-order chi connectivity index (χ0) is 14.9. The first-order chi connectivity index (χ1) is 9.38. The van der Waals surface area contributed by atoms with Gasteiger partial charge in [0.25, 0.3) is 11.9 Å². The Morgan fingerprint density at radius 1 is 1.35 bits per heavy atom. The summed E-state index contributed by atoms with van der Waals surface area (Å²) < 4.78 is 0. The number of anilines is 1. The highest BCUT2D eigenvalue weighted by Gasteiger charge is 2.36. The van der Waals surface area contributed by atoms with E-state index in [1.54, 1.807) is 0 Å². The maximum absolute atomic E-state index is 12.5. The van der Waals surface area contributed by atoms with Gasteiger partial charge in [-0.05, 0) is 38.7 Å². The number of hydrogen-bond donors (Lipinski definition) is 1. The normalized spacial score (nSPS) is 18.9. The van der Waals surface area contributed by atoms with Gasteiger partial charge >= 0.3 is 0 Å². The molecule has 0 unspecified atom stereocenters. The summed E-state index contributed by atoms with van der Waals surface area (Å²) in [5.41, 5.74) is 5.44. The van der Waals surface area contributed by atoms with Gasteiger partial charge in [0.2, 0.25) is 0 Å². The summed E-state index contributed by atoms with van der Waals surface area (Å²) >= 11 is 0. The molecule has 2 heterocycles. The number of carbonyl (C=O) groups excluding carboxylic acids is 1. The molecule has 5 nitrogen and oxygen atoms in total. The third-order valence-corrected chi connectivity index (χ3v) is 3.40. The summed E-state index contributed by atoms with van der Waals surface area (Å²) in [5, 5.41) is 1.42. The molecule has 1 fully saturated rings. The molecule has 0 saturated carbocycles. The topological polar surface area (TPSA) is 58.1 Å². The van der Waals surface area contributed by atoms with Crippen LogP contribution >= 0.6 is 0 Å². The number of hydrazine groups is 1. The largest absolute Gasteiger partial charge is 0.293 e. The third-order valence-electron chi connectivity index (χ3n) is 3.40. The van der Waals surface area contributed by atoms with Crippen molar-refractivity contribution in [1.29, 1.82) is 0 Å². The Morgan fingerprint density at radius 3 is 2.50 bits per heavy atom. The quantitative estimate of drug-likeness (QED) is 0.916. The summed E-state index contributed by atoms with van der Waals surface area (Å²) in [5.74, 6) is 0.783. The van der Waals surface area contributed by atoms with E-state index in [9.17, 15) is 4.79 Å². The molecule has 0 aromatic carbocycles. The summed E-state index contributed by atoms with van der Waals surface area (Å²) in [6.45, 7) is 12.0. The fraction of sp³-hybridized carbons (Fsp3) is 0.533. The average Bonchev–Trinajstić information content (AvgIpc) is 2.61. The molecule has 1 aromatic rings. The van der Waals surface area contributed by atoms with Gasteiger partial charge < -0.3 is 0 Å². The van der Waals surface area contributed by atoms with Crippen molar-refractivity contribution >= 4 is 11.9 Å². The highest BCUT2D eigenvalue weighted by Crippen LogP contribution is 2.27. The van der Waals surface area contributed by atoms with Gasteiger partial charge in [-0.1, -0.05) is 20.4 Å². The molecule has 0 bridgehead atoms. The standard InChI is InChI=1S/C15H22N4O/c1-9(2)6-7-13-12(5)18-19(14(13)20)15-16-10(3)8-11(4)17-15/h8-9,13,18H,5-7H2,1-4H3/t13-/m0/s1. The first-order valence-electron chi connectivity index (χ1n) is 7.00. The van der Waals surface area contributed by atoms with Crippen LogP contribution in [0.25, 0.3) is 0 Å². The van der Waals surface area contributed by atoms with Gasteiger partial charge in [-0.15, -0.1) is 0 Å². The molecule has 5 heteroatoms. The lowest BCUT2D eigenvalue weighted by Crippen LogP contribution is -2.36. The smallest absolute Gasteiger partial charge is 0.257 e. The van der Waals surface area contributed by atoms with E-state index in [-0.39, 0.29) is 11.8 Å². The van der Waals surface area contributed by atoms with Crippen molar-refractivity contribution in [1.82, 2.24) is 15.4 Å². The third kappa shape index (κ3) is 2.98. The van der Waals surface area contributed by atoms with Crippen LogP contribution in [0.3, 0.4) is 0 Å². The summed E-state index contributed by atoms with van der Waals surface area (Å²) in [7, 11) is 0. The van der Waals surface area contributed by atoms with Gasteiger partial charge in [0.1, 0.15) is 0 Å². The van der Waals surface area contributed by atoms with Crippen LogP contribution in [0.1, 0.15) is 38.1 Å². The molecule has 1 amide bonds. The van der Waals surface area contributed by atoms with E-state index >= 15 is 0 Å². The summed E-state index contributed by atoms with van der Waals surface area (Å²) in [4.78, 5) is 21.1. The van der Waals surface area contributed by atoms with E-state index in [0.717, 1.165) is 29.9 Å². The average molecular weight is 274 g/mol. The zero-order valence-electron chi connectivity index (χ0n) is 12.6. The molecule has 108 valence electrons. The second kappa shape index (κ2) is 5.61. The highest BCUT2D eigenvalue weighted by molar-refractivity contribution is 5.97. The van der Waals surface area contributed by atoms with Crippen LogP contribution in [0.15, 0.2) is 18.3 Å². The van der Waals surface area contributed by atoms with E-state index < -0.39 is 0 Å². The molecule has 1 aromatic heterocycles. The molecular formula is C15H22N4O. The Labute approximate surface area is 120 Å². The maximum Gasteiger partial charge on any atom is 0.257 e. The minimum absolute atomic E-state index is 0.0133. The molecule has 1 saturated heterocycles. The van der Waals surface area contributed by atoms with E-state index in [0.29, 0.717) is 11.9 Å². The van der Waals surface area contributed by atoms with Crippen LogP contribution < -0.4 is 10.4 Å². The first-order valence-corrected chi connectivity index (χ1v) is 7.00. The van der Waals surface area contributed by atoms with Gasteiger partial charge in [-0.25, -0.2) is 9.97 Å². The zero-order valence-corrected chi connectivity index (χ0v) is 12.6. The molecule has 1 atom stereocenters. The van der Waals surface area contributed by atoms with Gasteiger partial charge in [-0.2, -0.15) is 5.01 Å². The molecule has 2 rings (SSSR count). The van der Waals surface area contributed by atoms with Gasteiger partial charge in [0, 0.05) is 17.1 Å². The molecule has 1 aliphatic heterocycles. The summed E-state index contributed by atoms with van der Waals surface area (Å²) in [6.07, 6.45) is 1.81. The molecule has 0 aliphatic carbocycles. The SMILES string of the molecule is C=C1NN(c2nc(C)cc(C)n2)C(=O)[C@H]1CCC(C)C. The lowest BCUT2D eigenvalue weighted by Gasteiger charge is -2.15. The molecule has 1 N–H and O–H groups in total. The number of aryl methyl sites for hydroxylation is 2. The van der Waals surface area contributed by atoms with Crippen molar-refractivity contribution in [2.75, 3.05) is 5.01 Å². The van der Waals surface area contributed by atoms with Crippen LogP contribution in [0.5, 0.6) is 0 Å². The van der Waals surface area contributed by atoms with Crippen molar-refractivity contribution in [2.45, 2.75) is 40.5 Å². The van der Waals surface area contributed by atoms with Crippen LogP contribution in [0.4, 0.5) is 5.95 Å².